The van der Waals surface area contributed by atoms with Gasteiger partial charge in [0, 0.05) is 18.1 Å². The van der Waals surface area contributed by atoms with Crippen LogP contribution < -0.4 is 0 Å². The van der Waals surface area contributed by atoms with Crippen LogP contribution >= 0.6 is 0 Å². The van der Waals surface area contributed by atoms with Crippen LogP contribution in [0.3, 0.4) is 0 Å². The van der Waals surface area contributed by atoms with E-state index >= 15 is 0 Å². The van der Waals surface area contributed by atoms with Gasteiger partial charge in [0.1, 0.15) is 5.82 Å². The molecule has 1 rings (SSSR count). The lowest BCUT2D eigenvalue weighted by molar-refractivity contribution is 0.450. The number of nitrogens with zero attached hydrogens (tertiary/aromatic N) is 3. The Morgan fingerprint density at radius 1 is 1.58 bits per heavy atom. The predicted octanol–water partition coefficient (Wildman–Crippen LogP) is 2.14. The minimum absolute atomic E-state index is 0.836. The zero-order valence-corrected chi connectivity index (χ0v) is 7.70. The van der Waals surface area contributed by atoms with Crippen molar-refractivity contribution < 1.29 is 0 Å². The van der Waals surface area contributed by atoms with Gasteiger partial charge in [-0.25, -0.2) is 10.0 Å². The first-order chi connectivity index (χ1) is 5.69. The summed E-state index contributed by atoms with van der Waals surface area (Å²) < 4.78 is 0. The molecule has 0 bridgehead atoms. The molecule has 1 heterocycles. The molecule has 1 aliphatic rings. The molecule has 0 unspecified atom stereocenters. The Morgan fingerprint density at radius 3 is 2.75 bits per heavy atom. The van der Waals surface area contributed by atoms with Crippen LogP contribution in [0.1, 0.15) is 20.8 Å². The molecule has 12 heavy (non-hydrogen) atoms. The quantitative estimate of drug-likeness (QED) is 0.544. The van der Waals surface area contributed by atoms with E-state index in [0.29, 0.717) is 0 Å². The summed E-state index contributed by atoms with van der Waals surface area (Å²) in [4.78, 5) is 4.30. The van der Waals surface area contributed by atoms with Crippen LogP contribution in [0.15, 0.2) is 33.8 Å². The van der Waals surface area contributed by atoms with Crippen molar-refractivity contribution in [2.45, 2.75) is 20.8 Å². The summed E-state index contributed by atoms with van der Waals surface area (Å²) >= 11 is 0. The van der Waals surface area contributed by atoms with Gasteiger partial charge in [0.05, 0.1) is 0 Å². The fraction of sp³-hybridized carbons (Fsp3) is 0.333. The molecule has 1 aliphatic heterocycles. The van der Waals surface area contributed by atoms with Crippen molar-refractivity contribution in [3.05, 3.63) is 23.7 Å². The Hall–Kier alpha value is -1.38. The van der Waals surface area contributed by atoms with Crippen LogP contribution in [0.25, 0.3) is 0 Å². The summed E-state index contributed by atoms with van der Waals surface area (Å²) in [6.07, 6.45) is 3.89. The summed E-state index contributed by atoms with van der Waals surface area (Å²) in [5, 5.41) is 5.57. The maximum atomic E-state index is 4.30. The highest BCUT2D eigenvalue weighted by atomic mass is 15.5. The lowest BCUT2D eigenvalue weighted by Crippen LogP contribution is -2.18. The highest BCUT2D eigenvalue weighted by Gasteiger charge is 2.12. The van der Waals surface area contributed by atoms with Gasteiger partial charge >= 0.3 is 0 Å². The summed E-state index contributed by atoms with van der Waals surface area (Å²) in [5.74, 6) is 0.836. The van der Waals surface area contributed by atoms with Crippen molar-refractivity contribution in [1.82, 2.24) is 5.01 Å². The molecule has 0 radical (unpaired) electrons. The minimum atomic E-state index is 0.836. The first-order valence-corrected chi connectivity index (χ1v) is 3.85. The molecule has 0 N–H and O–H groups in total. The molecule has 0 aliphatic carbocycles. The van der Waals surface area contributed by atoms with Crippen LogP contribution in [-0.2, 0) is 0 Å². The zero-order valence-electron chi connectivity index (χ0n) is 7.70. The zero-order chi connectivity index (χ0) is 9.14. The molecule has 3 heteroatoms. The Balaban J connectivity index is 3.07. The van der Waals surface area contributed by atoms with E-state index in [9.17, 15) is 0 Å². The molecule has 0 atom stereocenters. The minimum Gasteiger partial charge on any atom is -0.234 e. The van der Waals surface area contributed by atoms with E-state index in [-0.39, 0.29) is 0 Å². The van der Waals surface area contributed by atoms with E-state index in [2.05, 4.69) is 16.8 Å². The standard InChI is InChI=1S/C9H13N3/c1-5-9-11-7(2)6-8(3)12(9)10-4/h5-6H,4H2,1-3H3/b9-5-. The molecule has 0 saturated carbocycles. The molecule has 0 amide bonds. The van der Waals surface area contributed by atoms with Crippen LogP contribution in [0.2, 0.25) is 0 Å². The van der Waals surface area contributed by atoms with Crippen LogP contribution in [0.4, 0.5) is 0 Å². The van der Waals surface area contributed by atoms with E-state index in [0.717, 1.165) is 17.2 Å². The van der Waals surface area contributed by atoms with Crippen LogP contribution in [0.5, 0.6) is 0 Å². The van der Waals surface area contributed by atoms with E-state index in [4.69, 9.17) is 0 Å². The Bertz CT molecular complexity index is 284. The number of allylic oxidation sites excluding steroid dienone is 3. The van der Waals surface area contributed by atoms with Gasteiger partial charge in [-0.15, -0.1) is 0 Å². The van der Waals surface area contributed by atoms with Gasteiger partial charge < -0.3 is 0 Å². The Labute approximate surface area is 72.8 Å². The lowest BCUT2D eigenvalue weighted by Gasteiger charge is -2.22. The predicted molar refractivity (Wildman–Crippen MR) is 52.0 cm³/mol. The summed E-state index contributed by atoms with van der Waals surface area (Å²) in [6, 6.07) is 0. The fourth-order valence-corrected chi connectivity index (χ4v) is 1.18. The maximum absolute atomic E-state index is 4.30. The largest absolute Gasteiger partial charge is 0.234 e. The molecular formula is C9H13N3. The van der Waals surface area contributed by atoms with Crippen molar-refractivity contribution >= 4 is 12.4 Å². The Morgan fingerprint density at radius 2 is 2.25 bits per heavy atom. The molecule has 0 spiro atoms. The molecule has 0 aromatic carbocycles. The third-order valence-electron chi connectivity index (χ3n) is 1.66. The molecule has 0 saturated heterocycles. The highest BCUT2D eigenvalue weighted by molar-refractivity contribution is 5.94. The van der Waals surface area contributed by atoms with Gasteiger partial charge in [-0.05, 0) is 32.9 Å². The summed E-state index contributed by atoms with van der Waals surface area (Å²) in [7, 11) is 0. The molecular weight excluding hydrogens is 150 g/mol. The smallest absolute Gasteiger partial charge is 0.149 e. The molecule has 0 aromatic heterocycles. The van der Waals surface area contributed by atoms with Crippen molar-refractivity contribution in [1.29, 1.82) is 0 Å². The van der Waals surface area contributed by atoms with Gasteiger partial charge in [0.15, 0.2) is 0 Å². The van der Waals surface area contributed by atoms with Gasteiger partial charge in [0.2, 0.25) is 0 Å². The van der Waals surface area contributed by atoms with Crippen molar-refractivity contribution in [2.75, 3.05) is 0 Å². The van der Waals surface area contributed by atoms with Crippen LogP contribution in [-0.4, -0.2) is 17.4 Å². The lowest BCUT2D eigenvalue weighted by atomic mass is 10.3. The normalized spacial score (nSPS) is 20.6. The van der Waals surface area contributed by atoms with Gasteiger partial charge in [-0.3, -0.25) is 0 Å². The second-order valence-electron chi connectivity index (χ2n) is 2.64. The first kappa shape index (κ1) is 8.71. The van der Waals surface area contributed by atoms with E-state index in [1.165, 1.54) is 0 Å². The maximum Gasteiger partial charge on any atom is 0.149 e. The van der Waals surface area contributed by atoms with Gasteiger partial charge in [-0.1, -0.05) is 0 Å². The van der Waals surface area contributed by atoms with E-state index < -0.39 is 0 Å². The number of hydrazone groups is 1. The summed E-state index contributed by atoms with van der Waals surface area (Å²) in [6.45, 7) is 9.36. The average molecular weight is 163 g/mol. The molecule has 0 aromatic rings. The SMILES string of the molecule is C=NN1C(C)=CC(C)=N/C1=C/C. The Kier molecular flexibility index (Phi) is 2.43. The monoisotopic (exact) mass is 163 g/mol. The fourth-order valence-electron chi connectivity index (χ4n) is 1.18. The average Bonchev–Trinajstić information content (AvgIpc) is 2.03. The second-order valence-corrected chi connectivity index (χ2v) is 2.64. The second kappa shape index (κ2) is 3.34. The van der Waals surface area contributed by atoms with E-state index in [1.54, 1.807) is 5.01 Å². The first-order valence-electron chi connectivity index (χ1n) is 3.85. The highest BCUT2D eigenvalue weighted by Crippen LogP contribution is 2.18. The van der Waals surface area contributed by atoms with Crippen LogP contribution in [0, 0.1) is 0 Å². The molecule has 0 fully saturated rings. The topological polar surface area (TPSA) is 28.0 Å². The number of aliphatic imine (C=N–C) groups is 1. The van der Waals surface area contributed by atoms with Crippen molar-refractivity contribution in [2.24, 2.45) is 10.1 Å². The molecule has 64 valence electrons. The number of hydrogen-bond donors (Lipinski definition) is 0. The third-order valence-corrected chi connectivity index (χ3v) is 1.66. The van der Waals surface area contributed by atoms with E-state index in [1.807, 2.05) is 32.9 Å². The molecule has 3 nitrogen and oxygen atoms in total. The number of hydrogen-bond acceptors (Lipinski definition) is 3. The van der Waals surface area contributed by atoms with Crippen molar-refractivity contribution in [3.8, 4) is 0 Å². The number of rotatable bonds is 1. The third kappa shape index (κ3) is 1.44. The van der Waals surface area contributed by atoms with Gasteiger partial charge in [0.25, 0.3) is 0 Å². The van der Waals surface area contributed by atoms with Crippen molar-refractivity contribution in [3.63, 3.8) is 0 Å². The summed E-state index contributed by atoms with van der Waals surface area (Å²) in [5.41, 5.74) is 2.05. The van der Waals surface area contributed by atoms with Gasteiger partial charge in [-0.2, -0.15) is 5.10 Å².